The summed E-state index contributed by atoms with van der Waals surface area (Å²) >= 11 is 3.47. The van der Waals surface area contributed by atoms with Crippen LogP contribution in [0.25, 0.3) is 11.2 Å². The molecule has 0 radical (unpaired) electrons. The number of imidazole rings is 1. The SMILES string of the molecule is CCOC(=O)Cn1cnc2c(Oc3cccc(Br)c3)nc(N(Cc3ccc(C4CCCCC4)cc3)C(=O)OC(C)(C)C)nc21. The van der Waals surface area contributed by atoms with Gasteiger partial charge in [-0.15, -0.1) is 0 Å². The van der Waals surface area contributed by atoms with Crippen LogP contribution in [0.5, 0.6) is 11.6 Å². The summed E-state index contributed by atoms with van der Waals surface area (Å²) in [4.78, 5) is 41.3. The molecule has 0 bridgehead atoms. The number of esters is 1. The maximum atomic E-state index is 13.7. The van der Waals surface area contributed by atoms with Crippen LogP contribution in [-0.2, 0) is 27.4 Å². The Bertz CT molecular complexity index is 1610. The molecule has 1 fully saturated rings. The van der Waals surface area contributed by atoms with Crippen molar-refractivity contribution < 1.29 is 23.8 Å². The number of anilines is 1. The largest absolute Gasteiger partial charge is 0.465 e. The van der Waals surface area contributed by atoms with Gasteiger partial charge in [0.25, 0.3) is 5.88 Å². The third-order valence-corrected chi connectivity index (χ3v) is 7.78. The smallest absolute Gasteiger partial charge is 0.417 e. The molecule has 1 saturated carbocycles. The van der Waals surface area contributed by atoms with Gasteiger partial charge in [0.15, 0.2) is 11.2 Å². The van der Waals surface area contributed by atoms with Gasteiger partial charge in [0.2, 0.25) is 5.95 Å². The van der Waals surface area contributed by atoms with E-state index in [9.17, 15) is 9.59 Å². The first kappa shape index (κ1) is 31.4. The minimum Gasteiger partial charge on any atom is -0.465 e. The maximum Gasteiger partial charge on any atom is 0.417 e. The fraction of sp³-hybridized carbons (Fsp3) is 0.424. The Morgan fingerprint density at radius 1 is 1.05 bits per heavy atom. The summed E-state index contributed by atoms with van der Waals surface area (Å²) in [6.07, 6.45) is 7.10. The summed E-state index contributed by atoms with van der Waals surface area (Å²) in [5.41, 5.74) is 2.11. The highest BCUT2D eigenvalue weighted by Crippen LogP contribution is 2.34. The average Bonchev–Trinajstić information content (AvgIpc) is 3.38. The lowest BCUT2D eigenvalue weighted by Crippen LogP contribution is -2.37. The predicted molar refractivity (Wildman–Crippen MR) is 171 cm³/mol. The van der Waals surface area contributed by atoms with E-state index in [1.807, 2.05) is 45.0 Å². The normalized spacial score (nSPS) is 13.9. The third-order valence-electron chi connectivity index (χ3n) is 7.29. The summed E-state index contributed by atoms with van der Waals surface area (Å²) in [7, 11) is 0. The van der Waals surface area contributed by atoms with E-state index in [1.165, 1.54) is 48.9 Å². The summed E-state index contributed by atoms with van der Waals surface area (Å²) in [5.74, 6) is 0.824. The first-order valence-electron chi connectivity index (χ1n) is 15.0. The van der Waals surface area contributed by atoms with Crippen molar-refractivity contribution >= 4 is 45.1 Å². The van der Waals surface area contributed by atoms with Gasteiger partial charge < -0.3 is 18.8 Å². The van der Waals surface area contributed by atoms with Crippen molar-refractivity contribution in [2.75, 3.05) is 11.5 Å². The van der Waals surface area contributed by atoms with E-state index < -0.39 is 17.7 Å². The predicted octanol–water partition coefficient (Wildman–Crippen LogP) is 7.93. The molecule has 232 valence electrons. The second kappa shape index (κ2) is 13.8. The molecule has 4 aromatic rings. The summed E-state index contributed by atoms with van der Waals surface area (Å²) in [5, 5.41) is 0. The third kappa shape index (κ3) is 7.93. The zero-order valence-corrected chi connectivity index (χ0v) is 27.2. The van der Waals surface area contributed by atoms with Crippen molar-refractivity contribution in [2.45, 2.75) is 84.4 Å². The number of carbonyl (C=O) groups excluding carboxylic acids is 2. The Morgan fingerprint density at radius 2 is 1.80 bits per heavy atom. The number of nitrogens with zero attached hydrogens (tertiary/aromatic N) is 5. The van der Waals surface area contributed by atoms with Crippen LogP contribution in [0.4, 0.5) is 10.7 Å². The highest BCUT2D eigenvalue weighted by molar-refractivity contribution is 9.10. The van der Waals surface area contributed by atoms with Crippen LogP contribution < -0.4 is 9.64 Å². The molecule has 44 heavy (non-hydrogen) atoms. The van der Waals surface area contributed by atoms with Crippen LogP contribution in [-0.4, -0.2) is 43.8 Å². The highest BCUT2D eigenvalue weighted by atomic mass is 79.9. The molecule has 0 spiro atoms. The topological polar surface area (TPSA) is 109 Å². The van der Waals surface area contributed by atoms with Crippen molar-refractivity contribution in [1.29, 1.82) is 0 Å². The second-order valence-corrected chi connectivity index (χ2v) is 12.8. The summed E-state index contributed by atoms with van der Waals surface area (Å²) < 4.78 is 19.5. The van der Waals surface area contributed by atoms with E-state index in [-0.39, 0.29) is 31.5 Å². The Labute approximate surface area is 265 Å². The molecule has 11 heteroatoms. The van der Waals surface area contributed by atoms with Crippen molar-refractivity contribution in [3.05, 3.63) is 70.5 Å². The Hall–Kier alpha value is -3.99. The Morgan fingerprint density at radius 3 is 2.48 bits per heavy atom. The quantitative estimate of drug-likeness (QED) is 0.166. The van der Waals surface area contributed by atoms with Crippen LogP contribution in [0, 0.1) is 0 Å². The van der Waals surface area contributed by atoms with E-state index in [1.54, 1.807) is 23.6 Å². The molecule has 1 aliphatic rings. The summed E-state index contributed by atoms with van der Waals surface area (Å²) in [6, 6.07) is 15.7. The number of amides is 1. The molecule has 10 nitrogen and oxygen atoms in total. The highest BCUT2D eigenvalue weighted by Gasteiger charge is 2.28. The standard InChI is InChI=1S/C33H38BrN5O5/c1-5-42-27(40)20-38-21-35-28-29(38)36-31(37-30(28)43-26-13-9-12-25(34)18-26)39(32(41)44-33(2,3)4)19-22-14-16-24(17-15-22)23-10-7-6-8-11-23/h9,12-18,21,23H,5-8,10-11,19-20H2,1-4H3. The number of halogens is 1. The second-order valence-electron chi connectivity index (χ2n) is 11.9. The number of ether oxygens (including phenoxy) is 3. The zero-order chi connectivity index (χ0) is 31.3. The first-order chi connectivity index (χ1) is 21.1. The number of rotatable bonds is 9. The van der Waals surface area contributed by atoms with Gasteiger partial charge in [-0.25, -0.2) is 14.7 Å². The fourth-order valence-corrected chi connectivity index (χ4v) is 5.63. The molecule has 0 saturated heterocycles. The number of benzene rings is 2. The van der Waals surface area contributed by atoms with E-state index in [4.69, 9.17) is 19.2 Å². The molecule has 5 rings (SSSR count). The number of fused-ring (bicyclic) bond motifs is 1. The zero-order valence-electron chi connectivity index (χ0n) is 25.6. The molecule has 0 atom stereocenters. The first-order valence-corrected chi connectivity index (χ1v) is 15.8. The molecule has 2 heterocycles. The maximum absolute atomic E-state index is 13.7. The minimum absolute atomic E-state index is 0.0544. The Balaban J connectivity index is 1.55. The van der Waals surface area contributed by atoms with E-state index >= 15 is 0 Å². The summed E-state index contributed by atoms with van der Waals surface area (Å²) in [6.45, 7) is 7.45. The minimum atomic E-state index is -0.758. The molecule has 2 aromatic heterocycles. The molecule has 0 unspecified atom stereocenters. The molecular weight excluding hydrogens is 626 g/mol. The van der Waals surface area contributed by atoms with Gasteiger partial charge in [0, 0.05) is 4.47 Å². The van der Waals surface area contributed by atoms with Crippen molar-refractivity contribution in [3.63, 3.8) is 0 Å². The molecule has 1 amide bonds. The lowest BCUT2D eigenvalue weighted by Gasteiger charge is -2.27. The van der Waals surface area contributed by atoms with Gasteiger partial charge >= 0.3 is 12.1 Å². The van der Waals surface area contributed by atoms with Gasteiger partial charge in [-0.1, -0.05) is 65.5 Å². The lowest BCUT2D eigenvalue weighted by atomic mass is 9.84. The van der Waals surface area contributed by atoms with Crippen LogP contribution in [0.2, 0.25) is 0 Å². The fourth-order valence-electron chi connectivity index (χ4n) is 5.25. The van der Waals surface area contributed by atoms with Gasteiger partial charge in [-0.2, -0.15) is 9.97 Å². The van der Waals surface area contributed by atoms with E-state index in [0.717, 1.165) is 10.0 Å². The van der Waals surface area contributed by atoms with Crippen molar-refractivity contribution in [3.8, 4) is 11.6 Å². The molecule has 0 aliphatic heterocycles. The average molecular weight is 665 g/mol. The van der Waals surface area contributed by atoms with E-state index in [0.29, 0.717) is 22.8 Å². The van der Waals surface area contributed by atoms with Crippen LogP contribution >= 0.6 is 15.9 Å². The number of hydrogen-bond donors (Lipinski definition) is 0. The number of carbonyl (C=O) groups is 2. The molecule has 0 N–H and O–H groups in total. The van der Waals surface area contributed by atoms with Gasteiger partial charge in [-0.3, -0.25) is 4.79 Å². The van der Waals surface area contributed by atoms with Crippen LogP contribution in [0.15, 0.2) is 59.3 Å². The molecule has 2 aromatic carbocycles. The van der Waals surface area contributed by atoms with Crippen LogP contribution in [0.1, 0.15) is 76.8 Å². The van der Waals surface area contributed by atoms with Gasteiger partial charge in [0.1, 0.15) is 17.9 Å². The van der Waals surface area contributed by atoms with Gasteiger partial charge in [-0.05, 0) is 75.8 Å². The van der Waals surface area contributed by atoms with Gasteiger partial charge in [0.05, 0.1) is 19.5 Å². The Kier molecular flexibility index (Phi) is 9.83. The molecule has 1 aliphatic carbocycles. The van der Waals surface area contributed by atoms with Crippen LogP contribution in [0.3, 0.4) is 0 Å². The van der Waals surface area contributed by atoms with Crippen molar-refractivity contribution in [1.82, 2.24) is 19.5 Å². The monoisotopic (exact) mass is 663 g/mol. The van der Waals surface area contributed by atoms with E-state index in [2.05, 4.69) is 38.0 Å². The van der Waals surface area contributed by atoms with Crippen molar-refractivity contribution in [2.24, 2.45) is 0 Å². The molecular formula is C33H38BrN5O5. The lowest BCUT2D eigenvalue weighted by molar-refractivity contribution is -0.143. The number of hydrogen-bond acceptors (Lipinski definition) is 8. The number of aromatic nitrogens is 4.